The van der Waals surface area contributed by atoms with Crippen LogP contribution in [0.2, 0.25) is 0 Å². The van der Waals surface area contributed by atoms with Crippen LogP contribution in [0.4, 0.5) is 0 Å². The van der Waals surface area contributed by atoms with Gasteiger partial charge in [0.15, 0.2) is 0 Å². The maximum absolute atomic E-state index is 9.49. The summed E-state index contributed by atoms with van der Waals surface area (Å²) in [5.74, 6) is -2.37. The molecule has 17 heavy (non-hydrogen) atoms. The smallest absolute Gasteiger partial charge is 0.855 e. The van der Waals surface area contributed by atoms with Gasteiger partial charge in [-0.05, 0) is 25.0 Å². The molecule has 0 saturated carbocycles. The third-order valence-electron chi connectivity index (χ3n) is 0.780. The quantitative estimate of drug-likeness (QED) is 0.386. The largest absolute Gasteiger partial charge is 4.00 e. The SMILES string of the molecule is C=C(C)C(=O)[O-].C=C(C)C(=O)[O-].[O-]CC[O-].[Ti+4]. The van der Waals surface area contributed by atoms with Crippen molar-refractivity contribution < 1.29 is 51.7 Å². The molecule has 0 aliphatic heterocycles. The van der Waals surface area contributed by atoms with Gasteiger partial charge < -0.3 is 30.0 Å². The van der Waals surface area contributed by atoms with Gasteiger partial charge in [-0.3, -0.25) is 0 Å². The summed E-state index contributed by atoms with van der Waals surface area (Å²) >= 11 is 0. The number of aliphatic carboxylic acids is 2. The van der Waals surface area contributed by atoms with Crippen LogP contribution in [0.3, 0.4) is 0 Å². The molecule has 0 heterocycles. The third kappa shape index (κ3) is 39.5. The normalized spacial score (nSPS) is 7.06. The average Bonchev–Trinajstić information content (AvgIpc) is 2.18. The third-order valence-corrected chi connectivity index (χ3v) is 0.780. The molecule has 0 aromatic rings. The van der Waals surface area contributed by atoms with Crippen LogP contribution >= 0.6 is 0 Å². The Kier molecular flexibility index (Phi) is 25.7. The molecule has 6 nitrogen and oxygen atoms in total. The van der Waals surface area contributed by atoms with Crippen LogP contribution in [-0.4, -0.2) is 25.2 Å². The molecule has 0 unspecified atom stereocenters. The van der Waals surface area contributed by atoms with Crippen LogP contribution in [-0.2, 0) is 31.3 Å². The van der Waals surface area contributed by atoms with E-state index in [1.807, 2.05) is 0 Å². The van der Waals surface area contributed by atoms with Crippen molar-refractivity contribution in [3.05, 3.63) is 24.3 Å². The molecule has 0 aliphatic carbocycles. The monoisotopic (exact) mass is 278 g/mol. The van der Waals surface area contributed by atoms with Crippen LogP contribution < -0.4 is 20.4 Å². The first-order chi connectivity index (χ1) is 7.20. The zero-order valence-corrected chi connectivity index (χ0v) is 11.3. The molecule has 0 atom stereocenters. The van der Waals surface area contributed by atoms with Gasteiger partial charge in [0.25, 0.3) is 0 Å². The maximum Gasteiger partial charge on any atom is 4.00 e. The summed E-state index contributed by atoms with van der Waals surface area (Å²) in [6.07, 6.45) is 0. The molecule has 0 saturated heterocycles. The topological polar surface area (TPSA) is 126 Å². The maximum atomic E-state index is 9.49. The van der Waals surface area contributed by atoms with Crippen LogP contribution in [0.5, 0.6) is 0 Å². The molecule has 0 N–H and O–H groups in total. The summed E-state index contributed by atoms with van der Waals surface area (Å²) in [5.41, 5.74) is 0.130. The summed E-state index contributed by atoms with van der Waals surface area (Å²) in [7, 11) is 0. The van der Waals surface area contributed by atoms with Gasteiger partial charge in [-0.1, -0.05) is 13.2 Å². The molecule has 0 spiro atoms. The van der Waals surface area contributed by atoms with Crippen LogP contribution in [0.15, 0.2) is 24.3 Å². The van der Waals surface area contributed by atoms with E-state index in [9.17, 15) is 19.8 Å². The average molecular weight is 278 g/mol. The Balaban J connectivity index is -0.0000000741. The molecule has 0 radical (unpaired) electrons. The molecule has 0 aromatic carbocycles. The van der Waals surface area contributed by atoms with Crippen molar-refractivity contribution in [1.29, 1.82) is 0 Å². The fraction of sp³-hybridized carbons (Fsp3) is 0.400. The molecule has 0 bridgehead atoms. The van der Waals surface area contributed by atoms with Gasteiger partial charge in [0.2, 0.25) is 0 Å². The summed E-state index contributed by atoms with van der Waals surface area (Å²) in [6, 6.07) is 0. The van der Waals surface area contributed by atoms with Crippen molar-refractivity contribution in [2.24, 2.45) is 0 Å². The second-order valence-electron chi connectivity index (χ2n) is 2.54. The molecular weight excluding hydrogens is 264 g/mol. The molecule has 0 amide bonds. The predicted octanol–water partition coefficient (Wildman–Crippen LogP) is -3.67. The van der Waals surface area contributed by atoms with E-state index >= 15 is 0 Å². The predicted molar refractivity (Wildman–Crippen MR) is 49.4 cm³/mol. The minimum absolute atomic E-state index is 0. The standard InChI is InChI=1S/2C4H6O2.C2H4O2.Ti/c2*1-3(2)4(5)6;3-1-2-4;/h2*1H2,2H3,(H,5,6);1-2H2;/q;;-2;+4/p-2. The second kappa shape index (κ2) is 17.4. The number of hydrogen-bond donors (Lipinski definition) is 0. The number of carboxylic acid groups (broad SMARTS) is 2. The van der Waals surface area contributed by atoms with Crippen LogP contribution in [0.1, 0.15) is 13.8 Å². The Bertz CT molecular complexity index is 199. The molecule has 0 aliphatic rings. The van der Waals surface area contributed by atoms with Gasteiger partial charge in [0, 0.05) is 0 Å². The molecule has 0 aromatic heterocycles. The molecule has 0 fully saturated rings. The minimum Gasteiger partial charge on any atom is -0.855 e. The fourth-order valence-corrected chi connectivity index (χ4v) is 0. The summed E-state index contributed by atoms with van der Waals surface area (Å²) in [4.78, 5) is 19.0. The Morgan fingerprint density at radius 2 is 1.00 bits per heavy atom. The minimum atomic E-state index is -1.19. The first-order valence-electron chi connectivity index (χ1n) is 4.10. The number of carboxylic acids is 2. The fourth-order valence-electron chi connectivity index (χ4n) is 0. The van der Waals surface area contributed by atoms with Crippen molar-refractivity contribution in [3.8, 4) is 0 Å². The van der Waals surface area contributed by atoms with Crippen molar-refractivity contribution >= 4 is 11.9 Å². The summed E-state index contributed by atoms with van der Waals surface area (Å²) < 4.78 is 0. The van der Waals surface area contributed by atoms with Crippen molar-refractivity contribution in [1.82, 2.24) is 0 Å². The molecule has 7 heteroatoms. The summed E-state index contributed by atoms with van der Waals surface area (Å²) in [5, 5.41) is 36.9. The Labute approximate surface area is 115 Å². The number of carbonyl (C=O) groups is 2. The molecule has 0 rings (SSSR count). The van der Waals surface area contributed by atoms with Crippen LogP contribution in [0, 0.1) is 0 Å². The van der Waals surface area contributed by atoms with E-state index in [4.69, 9.17) is 10.2 Å². The summed E-state index contributed by atoms with van der Waals surface area (Å²) in [6.45, 7) is 7.98. The van der Waals surface area contributed by atoms with Gasteiger partial charge in [0.1, 0.15) is 0 Å². The number of hydrogen-bond acceptors (Lipinski definition) is 6. The van der Waals surface area contributed by atoms with E-state index in [1.54, 1.807) is 0 Å². The number of carbonyl (C=O) groups excluding carboxylic acids is 2. The zero-order valence-electron chi connectivity index (χ0n) is 9.78. The van der Waals surface area contributed by atoms with Crippen molar-refractivity contribution in [2.75, 3.05) is 13.2 Å². The van der Waals surface area contributed by atoms with Gasteiger partial charge in [-0.25, -0.2) is 0 Å². The zero-order chi connectivity index (χ0) is 13.7. The Morgan fingerprint density at radius 1 is 0.882 bits per heavy atom. The van der Waals surface area contributed by atoms with Crippen molar-refractivity contribution in [3.63, 3.8) is 0 Å². The van der Waals surface area contributed by atoms with Gasteiger partial charge in [0.05, 0.1) is 11.9 Å². The first kappa shape index (κ1) is 25.0. The second-order valence-corrected chi connectivity index (χ2v) is 2.54. The van der Waals surface area contributed by atoms with Gasteiger partial charge in [-0.15, -0.1) is 0 Å². The van der Waals surface area contributed by atoms with Crippen LogP contribution in [0.25, 0.3) is 0 Å². The van der Waals surface area contributed by atoms with Gasteiger partial charge >= 0.3 is 21.7 Å². The molecule has 94 valence electrons. The van der Waals surface area contributed by atoms with E-state index in [1.165, 1.54) is 13.8 Å². The van der Waals surface area contributed by atoms with Crippen molar-refractivity contribution in [2.45, 2.75) is 13.8 Å². The Morgan fingerprint density at radius 3 is 1.00 bits per heavy atom. The number of rotatable bonds is 3. The first-order valence-corrected chi connectivity index (χ1v) is 4.10. The van der Waals surface area contributed by atoms with E-state index in [0.717, 1.165) is 0 Å². The van der Waals surface area contributed by atoms with E-state index in [-0.39, 0.29) is 32.9 Å². The van der Waals surface area contributed by atoms with E-state index < -0.39 is 25.2 Å². The van der Waals surface area contributed by atoms with Gasteiger partial charge in [-0.2, -0.15) is 13.2 Å². The van der Waals surface area contributed by atoms with E-state index in [2.05, 4.69) is 13.2 Å². The Hall–Kier alpha value is -0.946. The van der Waals surface area contributed by atoms with E-state index in [0.29, 0.717) is 0 Å². The molecular formula is C10H14O6Ti.